The van der Waals surface area contributed by atoms with Gasteiger partial charge < -0.3 is 4.74 Å². The van der Waals surface area contributed by atoms with Crippen LogP contribution in [0, 0.1) is 29.6 Å². The van der Waals surface area contributed by atoms with Gasteiger partial charge in [-0.2, -0.15) is 0 Å². The first-order chi connectivity index (χ1) is 16.2. The van der Waals surface area contributed by atoms with Crippen LogP contribution in [0.3, 0.4) is 0 Å². The maximum Gasteiger partial charge on any atom is 0.120 e. The molecule has 0 saturated heterocycles. The summed E-state index contributed by atoms with van der Waals surface area (Å²) in [6, 6.07) is 21.7. The van der Waals surface area contributed by atoms with E-state index in [1.165, 1.54) is 46.4 Å². The minimum Gasteiger partial charge on any atom is -0.489 e. The van der Waals surface area contributed by atoms with E-state index < -0.39 is 0 Å². The van der Waals surface area contributed by atoms with Crippen molar-refractivity contribution in [2.24, 2.45) is 17.3 Å². The summed E-state index contributed by atoms with van der Waals surface area (Å²) in [4.78, 5) is 1.39. The van der Waals surface area contributed by atoms with E-state index in [0.29, 0.717) is 24.4 Å². The van der Waals surface area contributed by atoms with Crippen molar-refractivity contribution in [3.05, 3.63) is 93.2 Å². The van der Waals surface area contributed by atoms with Gasteiger partial charge in [-0.1, -0.05) is 55.3 Å². The molecule has 166 valence electrons. The van der Waals surface area contributed by atoms with Crippen molar-refractivity contribution < 1.29 is 4.74 Å². The standard InChI is InChI=1S/C31H30OS/c1-3-22-19-28-27-13-11-23-18-24(32-20-21-8-5-4-6-9-21)12-14-25(23)26(27)15-16-31(28,2)30(22)29-10-7-17-33-29/h1,4-10,12,14,17-18,26-28H,11,13,15-16,19-20H2,2H3/t26-,27-,28+,31+/m1/s1. The zero-order valence-corrected chi connectivity index (χ0v) is 20.0. The fraction of sp³-hybridized carbons (Fsp3) is 0.355. The molecule has 6 rings (SSSR count). The summed E-state index contributed by atoms with van der Waals surface area (Å²) in [6.07, 6.45) is 12.0. The van der Waals surface area contributed by atoms with Gasteiger partial charge >= 0.3 is 0 Å². The van der Waals surface area contributed by atoms with E-state index in [1.807, 2.05) is 17.4 Å². The zero-order chi connectivity index (χ0) is 22.4. The zero-order valence-electron chi connectivity index (χ0n) is 19.2. The Labute approximate surface area is 201 Å². The second-order valence-electron chi connectivity index (χ2n) is 10.2. The number of benzene rings is 2. The van der Waals surface area contributed by atoms with Crippen molar-refractivity contribution in [1.29, 1.82) is 0 Å². The molecule has 0 bridgehead atoms. The Morgan fingerprint density at radius 2 is 1.97 bits per heavy atom. The molecule has 3 aliphatic carbocycles. The lowest BCUT2D eigenvalue weighted by Gasteiger charge is -2.50. The molecule has 2 heteroatoms. The molecule has 1 aromatic heterocycles. The van der Waals surface area contributed by atoms with Gasteiger partial charge in [0.05, 0.1) is 0 Å². The van der Waals surface area contributed by atoms with Crippen LogP contribution in [0.5, 0.6) is 5.75 Å². The molecule has 1 saturated carbocycles. The maximum absolute atomic E-state index is 6.14. The second kappa shape index (κ2) is 8.23. The van der Waals surface area contributed by atoms with E-state index in [9.17, 15) is 0 Å². The molecule has 0 spiro atoms. The monoisotopic (exact) mass is 450 g/mol. The molecule has 0 amide bonds. The predicted octanol–water partition coefficient (Wildman–Crippen LogP) is 7.88. The van der Waals surface area contributed by atoms with Gasteiger partial charge in [0.2, 0.25) is 0 Å². The molecule has 0 aliphatic heterocycles. The van der Waals surface area contributed by atoms with Gasteiger partial charge in [0.1, 0.15) is 12.4 Å². The molecule has 1 fully saturated rings. The maximum atomic E-state index is 6.14. The lowest BCUT2D eigenvalue weighted by Crippen LogP contribution is -2.40. The Morgan fingerprint density at radius 1 is 1.09 bits per heavy atom. The van der Waals surface area contributed by atoms with Crippen molar-refractivity contribution >= 4 is 16.9 Å². The molecule has 3 aromatic rings. The molecule has 1 nitrogen and oxygen atoms in total. The molecule has 4 atom stereocenters. The lowest BCUT2D eigenvalue weighted by atomic mass is 9.54. The van der Waals surface area contributed by atoms with Gasteiger partial charge in [-0.05, 0) is 101 Å². The van der Waals surface area contributed by atoms with Gasteiger partial charge in [-0.15, -0.1) is 17.8 Å². The highest BCUT2D eigenvalue weighted by atomic mass is 32.1. The van der Waals surface area contributed by atoms with Crippen LogP contribution in [-0.4, -0.2) is 0 Å². The average Bonchev–Trinajstić information content (AvgIpc) is 3.48. The molecule has 33 heavy (non-hydrogen) atoms. The number of ether oxygens (including phenoxy) is 1. The van der Waals surface area contributed by atoms with Gasteiger partial charge in [0, 0.05) is 10.5 Å². The molecular formula is C31H30OS. The highest BCUT2D eigenvalue weighted by Gasteiger charge is 2.54. The molecule has 3 aliphatic rings. The van der Waals surface area contributed by atoms with Gasteiger partial charge in [0.25, 0.3) is 0 Å². The van der Waals surface area contributed by atoms with E-state index in [1.54, 1.807) is 5.56 Å². The van der Waals surface area contributed by atoms with Gasteiger partial charge in [-0.25, -0.2) is 0 Å². The summed E-state index contributed by atoms with van der Waals surface area (Å²) in [7, 11) is 0. The van der Waals surface area contributed by atoms with Crippen molar-refractivity contribution in [2.45, 2.75) is 51.6 Å². The van der Waals surface area contributed by atoms with E-state index in [-0.39, 0.29) is 5.41 Å². The molecular weight excluding hydrogens is 420 g/mol. The number of thiophene rings is 1. The van der Waals surface area contributed by atoms with E-state index in [4.69, 9.17) is 11.2 Å². The third kappa shape index (κ3) is 3.46. The van der Waals surface area contributed by atoms with Crippen LogP contribution >= 0.6 is 11.3 Å². The number of terminal acetylenes is 1. The summed E-state index contributed by atoms with van der Waals surface area (Å²) in [5.74, 6) is 6.12. The van der Waals surface area contributed by atoms with E-state index >= 15 is 0 Å². The fourth-order valence-corrected chi connectivity index (χ4v) is 7.98. The Bertz CT molecular complexity index is 1230. The molecule has 1 heterocycles. The van der Waals surface area contributed by atoms with Crippen LogP contribution < -0.4 is 4.74 Å². The number of allylic oxidation sites excluding steroid dienone is 2. The van der Waals surface area contributed by atoms with Gasteiger partial charge in [0.15, 0.2) is 0 Å². The highest BCUT2D eigenvalue weighted by Crippen LogP contribution is 2.65. The first-order valence-corrected chi connectivity index (χ1v) is 13.1. The van der Waals surface area contributed by atoms with Crippen LogP contribution in [0.15, 0.2) is 71.6 Å². The Morgan fingerprint density at radius 3 is 2.76 bits per heavy atom. The second-order valence-corrected chi connectivity index (χ2v) is 11.1. The summed E-state index contributed by atoms with van der Waals surface area (Å²) in [5.41, 5.74) is 7.23. The van der Waals surface area contributed by atoms with E-state index in [2.05, 4.69) is 72.8 Å². The Balaban J connectivity index is 1.25. The number of fused-ring (bicyclic) bond motifs is 5. The Kier molecular flexibility index (Phi) is 5.19. The Hall–Kier alpha value is -2.76. The molecule has 0 N–H and O–H groups in total. The number of rotatable bonds is 4. The summed E-state index contributed by atoms with van der Waals surface area (Å²) in [5, 5.41) is 2.19. The quantitative estimate of drug-likeness (QED) is 0.367. The number of aryl methyl sites for hydroxylation is 1. The molecule has 0 radical (unpaired) electrons. The topological polar surface area (TPSA) is 9.23 Å². The van der Waals surface area contributed by atoms with Crippen molar-refractivity contribution in [1.82, 2.24) is 0 Å². The minimum absolute atomic E-state index is 0.212. The minimum atomic E-state index is 0.212. The molecule has 0 unspecified atom stereocenters. The third-order valence-electron chi connectivity index (χ3n) is 8.57. The van der Waals surface area contributed by atoms with Crippen LogP contribution in [0.1, 0.15) is 60.1 Å². The first-order valence-electron chi connectivity index (χ1n) is 12.2. The fourth-order valence-electron chi connectivity index (χ4n) is 7.05. The van der Waals surface area contributed by atoms with E-state index in [0.717, 1.165) is 18.6 Å². The van der Waals surface area contributed by atoms with Crippen molar-refractivity contribution in [2.75, 3.05) is 0 Å². The van der Waals surface area contributed by atoms with Crippen LogP contribution in [0.25, 0.3) is 5.57 Å². The summed E-state index contributed by atoms with van der Waals surface area (Å²) >= 11 is 1.85. The highest BCUT2D eigenvalue weighted by molar-refractivity contribution is 7.11. The SMILES string of the molecule is C#CC1=C(c2cccs2)[C@@]2(C)CC[C@@H]3c4ccc(OCc5ccccc5)cc4CC[C@H]3[C@@H]2C1. The normalized spacial score (nSPS) is 27.9. The first kappa shape index (κ1) is 20.8. The summed E-state index contributed by atoms with van der Waals surface area (Å²) < 4.78 is 6.14. The van der Waals surface area contributed by atoms with Crippen molar-refractivity contribution in [3.63, 3.8) is 0 Å². The smallest absolute Gasteiger partial charge is 0.120 e. The largest absolute Gasteiger partial charge is 0.489 e. The third-order valence-corrected chi connectivity index (χ3v) is 9.46. The van der Waals surface area contributed by atoms with Crippen LogP contribution in [0.4, 0.5) is 0 Å². The number of hydrogen-bond donors (Lipinski definition) is 0. The van der Waals surface area contributed by atoms with Crippen molar-refractivity contribution in [3.8, 4) is 18.1 Å². The average molecular weight is 451 g/mol. The predicted molar refractivity (Wildman–Crippen MR) is 137 cm³/mol. The lowest BCUT2D eigenvalue weighted by molar-refractivity contribution is 0.0882. The molecule has 2 aromatic carbocycles. The number of hydrogen-bond acceptors (Lipinski definition) is 2. The van der Waals surface area contributed by atoms with Gasteiger partial charge in [-0.3, -0.25) is 0 Å². The van der Waals surface area contributed by atoms with Crippen LogP contribution in [-0.2, 0) is 13.0 Å². The summed E-state index contributed by atoms with van der Waals surface area (Å²) in [6.45, 7) is 3.13. The van der Waals surface area contributed by atoms with Crippen LogP contribution in [0.2, 0.25) is 0 Å².